The van der Waals surface area contributed by atoms with E-state index in [9.17, 15) is 9.18 Å². The van der Waals surface area contributed by atoms with E-state index in [0.29, 0.717) is 35.9 Å². The molecule has 28 heavy (non-hydrogen) atoms. The second-order valence-corrected chi connectivity index (χ2v) is 7.34. The molecule has 3 rings (SSSR count). The molecule has 0 aliphatic rings. The fraction of sp³-hybridized carbons (Fsp3) is 0.300. The van der Waals surface area contributed by atoms with E-state index in [2.05, 4.69) is 4.98 Å². The third-order valence-corrected chi connectivity index (χ3v) is 5.04. The van der Waals surface area contributed by atoms with Gasteiger partial charge in [-0.05, 0) is 63.5 Å². The molecule has 0 unspecified atom stereocenters. The van der Waals surface area contributed by atoms with Crippen LogP contribution < -0.4 is 9.64 Å². The fourth-order valence-corrected chi connectivity index (χ4v) is 3.62. The number of thiazole rings is 1. The second-order valence-electron chi connectivity index (χ2n) is 6.33. The number of hydrogen-bond donors (Lipinski definition) is 0. The maximum absolute atomic E-state index is 13.5. The summed E-state index contributed by atoms with van der Waals surface area (Å²) in [6, 6.07) is 11.5. The summed E-state index contributed by atoms with van der Waals surface area (Å²) in [6.45, 7) is 3.66. The molecule has 0 bridgehead atoms. The van der Waals surface area contributed by atoms with Crippen LogP contribution in [0.15, 0.2) is 42.5 Å². The maximum Gasteiger partial charge on any atom is 0.260 e. The van der Waals surface area contributed by atoms with Crippen LogP contribution in [0.1, 0.15) is 17.3 Å². The summed E-state index contributed by atoms with van der Waals surface area (Å²) in [7, 11) is 3.90. The molecule has 0 N–H and O–H groups in total. The van der Waals surface area contributed by atoms with Gasteiger partial charge >= 0.3 is 0 Å². The van der Waals surface area contributed by atoms with Crippen LogP contribution in [-0.4, -0.2) is 49.6 Å². The van der Waals surface area contributed by atoms with E-state index in [1.54, 1.807) is 35.2 Å². The molecule has 150 valence electrons. The fourth-order valence-electron chi connectivity index (χ4n) is 2.60. The van der Waals surface area contributed by atoms with Crippen molar-refractivity contribution in [3.63, 3.8) is 0 Å². The first kappa shape index (κ1) is 22.1. The van der Waals surface area contributed by atoms with Crippen molar-refractivity contribution in [2.75, 3.05) is 38.7 Å². The predicted octanol–water partition coefficient (Wildman–Crippen LogP) is 4.46. The number of fused-ring (bicyclic) bond motifs is 1. The van der Waals surface area contributed by atoms with E-state index in [1.807, 2.05) is 25.9 Å². The number of carbonyl (C=O) groups is 1. The van der Waals surface area contributed by atoms with Crippen LogP contribution in [-0.2, 0) is 0 Å². The zero-order chi connectivity index (χ0) is 19.4. The van der Waals surface area contributed by atoms with Crippen LogP contribution in [0.4, 0.5) is 9.52 Å². The third kappa shape index (κ3) is 5.19. The van der Waals surface area contributed by atoms with Gasteiger partial charge in [-0.25, -0.2) is 9.37 Å². The van der Waals surface area contributed by atoms with Gasteiger partial charge in [0.15, 0.2) is 5.13 Å². The summed E-state index contributed by atoms with van der Waals surface area (Å²) in [5.74, 6) is 0.277. The summed E-state index contributed by atoms with van der Waals surface area (Å²) < 4.78 is 19.7. The molecular formula is C20H23ClFN3O2S. The number of benzene rings is 2. The Bertz CT molecular complexity index is 931. The Morgan fingerprint density at radius 3 is 2.50 bits per heavy atom. The highest BCUT2D eigenvalue weighted by Crippen LogP contribution is 2.30. The molecule has 0 spiro atoms. The van der Waals surface area contributed by atoms with Crippen molar-refractivity contribution in [3.8, 4) is 5.75 Å². The standard InChI is InChI=1S/C20H22FN3O2S.ClH/c1-4-26-16-8-5-14(6-9-16)19(25)24(12-11-23(2)3)20-22-17-10-7-15(21)13-18(17)27-20;/h5-10,13H,4,11-12H2,1-3H3;1H. The topological polar surface area (TPSA) is 45.7 Å². The molecule has 3 aromatic rings. The van der Waals surface area contributed by atoms with Gasteiger partial charge in [0, 0.05) is 18.7 Å². The van der Waals surface area contributed by atoms with Gasteiger partial charge in [0.2, 0.25) is 0 Å². The average molecular weight is 424 g/mol. The molecule has 5 nitrogen and oxygen atoms in total. The van der Waals surface area contributed by atoms with Crippen molar-refractivity contribution >= 4 is 45.0 Å². The van der Waals surface area contributed by atoms with Gasteiger partial charge in [0.05, 0.1) is 16.8 Å². The lowest BCUT2D eigenvalue weighted by Crippen LogP contribution is -2.36. The minimum atomic E-state index is -0.310. The molecule has 0 aliphatic heterocycles. The summed E-state index contributed by atoms with van der Waals surface area (Å²) in [5, 5.41) is 0.566. The molecule has 1 aromatic heterocycles. The Labute approximate surface area is 174 Å². The number of rotatable bonds is 7. The Morgan fingerprint density at radius 1 is 1.14 bits per heavy atom. The highest BCUT2D eigenvalue weighted by atomic mass is 35.5. The molecule has 0 aliphatic carbocycles. The minimum Gasteiger partial charge on any atom is -0.494 e. The molecule has 0 radical (unpaired) electrons. The zero-order valence-corrected chi connectivity index (χ0v) is 17.6. The van der Waals surface area contributed by atoms with Crippen LogP contribution in [0.25, 0.3) is 10.2 Å². The largest absolute Gasteiger partial charge is 0.494 e. The van der Waals surface area contributed by atoms with Gasteiger partial charge in [-0.3, -0.25) is 9.69 Å². The first-order chi connectivity index (χ1) is 13.0. The molecular weight excluding hydrogens is 401 g/mol. The van der Waals surface area contributed by atoms with Gasteiger partial charge in [0.1, 0.15) is 11.6 Å². The van der Waals surface area contributed by atoms with Crippen LogP contribution in [0.2, 0.25) is 0 Å². The van der Waals surface area contributed by atoms with Crippen molar-refractivity contribution in [2.45, 2.75) is 6.92 Å². The van der Waals surface area contributed by atoms with E-state index < -0.39 is 0 Å². The first-order valence-corrected chi connectivity index (χ1v) is 9.55. The number of carbonyl (C=O) groups excluding carboxylic acids is 1. The lowest BCUT2D eigenvalue weighted by atomic mass is 10.2. The molecule has 0 atom stereocenters. The number of nitrogens with zero attached hydrogens (tertiary/aromatic N) is 3. The van der Waals surface area contributed by atoms with Crippen molar-refractivity contribution in [3.05, 3.63) is 53.8 Å². The van der Waals surface area contributed by atoms with E-state index >= 15 is 0 Å². The zero-order valence-electron chi connectivity index (χ0n) is 16.0. The number of halogens is 2. The monoisotopic (exact) mass is 423 g/mol. The lowest BCUT2D eigenvalue weighted by Gasteiger charge is -2.22. The lowest BCUT2D eigenvalue weighted by molar-refractivity contribution is 0.0985. The van der Waals surface area contributed by atoms with Gasteiger partial charge in [-0.15, -0.1) is 12.4 Å². The minimum absolute atomic E-state index is 0. The van der Waals surface area contributed by atoms with Crippen molar-refractivity contribution < 1.29 is 13.9 Å². The normalized spacial score (nSPS) is 10.8. The van der Waals surface area contributed by atoms with E-state index in [-0.39, 0.29) is 24.1 Å². The summed E-state index contributed by atoms with van der Waals surface area (Å²) >= 11 is 1.32. The molecule has 1 heterocycles. The van der Waals surface area contributed by atoms with Crippen LogP contribution in [0.3, 0.4) is 0 Å². The van der Waals surface area contributed by atoms with Crippen molar-refractivity contribution in [1.82, 2.24) is 9.88 Å². The van der Waals surface area contributed by atoms with Crippen molar-refractivity contribution in [1.29, 1.82) is 0 Å². The molecule has 8 heteroatoms. The van der Waals surface area contributed by atoms with Gasteiger partial charge in [-0.1, -0.05) is 11.3 Å². The van der Waals surface area contributed by atoms with E-state index in [0.717, 1.165) is 10.4 Å². The number of likely N-dealkylation sites (N-methyl/N-ethyl adjacent to an activating group) is 1. The van der Waals surface area contributed by atoms with Gasteiger partial charge < -0.3 is 9.64 Å². The highest BCUT2D eigenvalue weighted by molar-refractivity contribution is 7.22. The molecule has 2 aromatic carbocycles. The Hall–Kier alpha value is -2.22. The number of aromatic nitrogens is 1. The first-order valence-electron chi connectivity index (χ1n) is 8.73. The smallest absolute Gasteiger partial charge is 0.260 e. The van der Waals surface area contributed by atoms with Crippen molar-refractivity contribution in [2.24, 2.45) is 0 Å². The Balaban J connectivity index is 0.00000280. The van der Waals surface area contributed by atoms with Gasteiger partial charge in [-0.2, -0.15) is 0 Å². The number of ether oxygens (including phenoxy) is 1. The second kappa shape index (κ2) is 9.82. The predicted molar refractivity (Wildman–Crippen MR) is 115 cm³/mol. The molecule has 0 fully saturated rings. The third-order valence-electron chi connectivity index (χ3n) is 4.00. The average Bonchev–Trinajstić information content (AvgIpc) is 3.05. The van der Waals surface area contributed by atoms with E-state index in [1.165, 1.54) is 23.5 Å². The summed E-state index contributed by atoms with van der Waals surface area (Å²) in [5.41, 5.74) is 1.24. The highest BCUT2D eigenvalue weighted by Gasteiger charge is 2.21. The molecule has 0 saturated heterocycles. The number of anilines is 1. The Morgan fingerprint density at radius 2 is 1.86 bits per heavy atom. The SMILES string of the molecule is CCOc1ccc(C(=O)N(CCN(C)C)c2nc3ccc(F)cc3s2)cc1.Cl. The number of amides is 1. The van der Waals surface area contributed by atoms with E-state index in [4.69, 9.17) is 4.74 Å². The quantitative estimate of drug-likeness (QED) is 0.562. The van der Waals surface area contributed by atoms with Crippen LogP contribution in [0, 0.1) is 5.82 Å². The summed E-state index contributed by atoms with van der Waals surface area (Å²) in [6.07, 6.45) is 0. The molecule has 1 amide bonds. The number of hydrogen-bond acceptors (Lipinski definition) is 5. The maximum atomic E-state index is 13.5. The van der Waals surface area contributed by atoms with Crippen LogP contribution in [0.5, 0.6) is 5.75 Å². The Kier molecular flexibility index (Phi) is 7.74. The molecule has 0 saturated carbocycles. The summed E-state index contributed by atoms with van der Waals surface area (Å²) in [4.78, 5) is 21.3. The van der Waals surface area contributed by atoms with Crippen LogP contribution >= 0.6 is 23.7 Å². The van der Waals surface area contributed by atoms with Gasteiger partial charge in [0.25, 0.3) is 5.91 Å².